The van der Waals surface area contributed by atoms with E-state index in [2.05, 4.69) is 26.1 Å². The Kier molecular flexibility index (Phi) is 4.35. The first kappa shape index (κ1) is 13.5. The second-order valence-electron chi connectivity index (χ2n) is 4.33. The van der Waals surface area contributed by atoms with Gasteiger partial charge in [0.25, 0.3) is 0 Å². The average molecular weight is 334 g/mol. The summed E-state index contributed by atoms with van der Waals surface area (Å²) in [6.45, 7) is 1.62. The van der Waals surface area contributed by atoms with Gasteiger partial charge in [0.05, 0.1) is 5.69 Å². The van der Waals surface area contributed by atoms with Crippen molar-refractivity contribution in [2.75, 3.05) is 18.0 Å². The van der Waals surface area contributed by atoms with Crippen molar-refractivity contribution in [3.63, 3.8) is 0 Å². The van der Waals surface area contributed by atoms with E-state index in [4.69, 9.17) is 16.7 Å². The van der Waals surface area contributed by atoms with E-state index in [0.29, 0.717) is 11.6 Å². The standard InChI is InChI=1S/C12H14BrClN2O2/c13-10-6-8(14)3-4-11(10)16-5-1-2-9(7-16)15-12(17)18/h3-4,6,9,15H,1-2,5,7H2,(H,17,18)/t9-/m0/s1. The monoisotopic (exact) mass is 332 g/mol. The topological polar surface area (TPSA) is 52.6 Å². The van der Waals surface area contributed by atoms with Crippen LogP contribution in [-0.2, 0) is 0 Å². The molecule has 0 aromatic heterocycles. The van der Waals surface area contributed by atoms with Gasteiger partial charge in [0, 0.05) is 28.6 Å². The summed E-state index contributed by atoms with van der Waals surface area (Å²) in [4.78, 5) is 12.8. The minimum absolute atomic E-state index is 0.0150. The average Bonchev–Trinajstić information content (AvgIpc) is 2.28. The first-order valence-corrected chi connectivity index (χ1v) is 6.93. The number of carbonyl (C=O) groups is 1. The van der Waals surface area contributed by atoms with Crippen LogP contribution < -0.4 is 10.2 Å². The molecule has 1 heterocycles. The van der Waals surface area contributed by atoms with Gasteiger partial charge >= 0.3 is 6.09 Å². The number of rotatable bonds is 2. The molecule has 0 radical (unpaired) electrons. The molecule has 4 nitrogen and oxygen atoms in total. The molecule has 1 amide bonds. The first-order chi connectivity index (χ1) is 8.56. The van der Waals surface area contributed by atoms with Crippen LogP contribution in [0.1, 0.15) is 12.8 Å². The van der Waals surface area contributed by atoms with Crippen molar-refractivity contribution in [1.29, 1.82) is 0 Å². The Morgan fingerprint density at radius 3 is 3.00 bits per heavy atom. The fourth-order valence-corrected chi connectivity index (χ4v) is 3.16. The zero-order valence-corrected chi connectivity index (χ0v) is 12.0. The predicted molar refractivity (Wildman–Crippen MR) is 75.5 cm³/mol. The summed E-state index contributed by atoms with van der Waals surface area (Å²) in [5, 5.41) is 12.0. The van der Waals surface area contributed by atoms with Gasteiger partial charge in [0.1, 0.15) is 0 Å². The smallest absolute Gasteiger partial charge is 0.404 e. The highest BCUT2D eigenvalue weighted by Crippen LogP contribution is 2.31. The number of piperidine rings is 1. The molecule has 0 spiro atoms. The number of nitrogens with zero attached hydrogens (tertiary/aromatic N) is 1. The molecule has 18 heavy (non-hydrogen) atoms. The molecule has 2 N–H and O–H groups in total. The maximum Gasteiger partial charge on any atom is 0.404 e. The van der Waals surface area contributed by atoms with Gasteiger partial charge in [0.15, 0.2) is 0 Å². The van der Waals surface area contributed by atoms with Crippen LogP contribution in [0.15, 0.2) is 22.7 Å². The minimum atomic E-state index is -0.961. The van der Waals surface area contributed by atoms with Crippen molar-refractivity contribution in [1.82, 2.24) is 5.32 Å². The van der Waals surface area contributed by atoms with Gasteiger partial charge < -0.3 is 15.3 Å². The normalized spacial score (nSPS) is 19.7. The lowest BCUT2D eigenvalue weighted by atomic mass is 10.1. The van der Waals surface area contributed by atoms with Gasteiger partial charge in [-0.15, -0.1) is 0 Å². The van der Waals surface area contributed by atoms with Crippen LogP contribution in [-0.4, -0.2) is 30.3 Å². The number of hydrogen-bond donors (Lipinski definition) is 2. The summed E-state index contributed by atoms with van der Waals surface area (Å²) < 4.78 is 0.936. The summed E-state index contributed by atoms with van der Waals surface area (Å²) in [7, 11) is 0. The van der Waals surface area contributed by atoms with E-state index in [0.717, 1.165) is 29.5 Å². The van der Waals surface area contributed by atoms with Gasteiger partial charge in [-0.2, -0.15) is 0 Å². The highest BCUT2D eigenvalue weighted by Gasteiger charge is 2.22. The predicted octanol–water partition coefficient (Wildman–Crippen LogP) is 3.34. The van der Waals surface area contributed by atoms with Gasteiger partial charge in [-0.25, -0.2) is 4.79 Å². The number of carboxylic acid groups (broad SMARTS) is 1. The second-order valence-corrected chi connectivity index (χ2v) is 5.62. The molecule has 1 aliphatic heterocycles. The lowest BCUT2D eigenvalue weighted by molar-refractivity contribution is 0.188. The van der Waals surface area contributed by atoms with Crippen molar-refractivity contribution in [2.45, 2.75) is 18.9 Å². The molecule has 1 aromatic rings. The molecule has 1 fully saturated rings. The number of amides is 1. The Balaban J connectivity index is 2.10. The van der Waals surface area contributed by atoms with Crippen LogP contribution in [0.2, 0.25) is 5.02 Å². The summed E-state index contributed by atoms with van der Waals surface area (Å²) >= 11 is 9.41. The lowest BCUT2D eigenvalue weighted by Gasteiger charge is -2.34. The molecule has 0 bridgehead atoms. The fourth-order valence-electron chi connectivity index (χ4n) is 2.23. The molecule has 1 aromatic carbocycles. The first-order valence-electron chi connectivity index (χ1n) is 5.75. The van der Waals surface area contributed by atoms with Crippen LogP contribution in [0.4, 0.5) is 10.5 Å². The maximum absolute atomic E-state index is 10.7. The Hall–Kier alpha value is -0.940. The van der Waals surface area contributed by atoms with Crippen molar-refractivity contribution >= 4 is 39.3 Å². The number of anilines is 1. The van der Waals surface area contributed by atoms with E-state index in [1.165, 1.54) is 0 Å². The molecule has 2 rings (SSSR count). The molecule has 6 heteroatoms. The molecule has 98 valence electrons. The number of nitrogens with one attached hydrogen (secondary N) is 1. The van der Waals surface area contributed by atoms with E-state index in [9.17, 15) is 4.79 Å². The molecular formula is C12H14BrClN2O2. The molecule has 1 aliphatic rings. The Bertz CT molecular complexity index is 456. The zero-order chi connectivity index (χ0) is 13.1. The van der Waals surface area contributed by atoms with E-state index >= 15 is 0 Å². The molecule has 0 unspecified atom stereocenters. The van der Waals surface area contributed by atoms with Gasteiger partial charge in [0.2, 0.25) is 0 Å². The largest absolute Gasteiger partial charge is 0.465 e. The second kappa shape index (κ2) is 5.80. The Labute approximate surface area is 119 Å². The van der Waals surface area contributed by atoms with Gasteiger partial charge in [-0.3, -0.25) is 0 Å². The highest BCUT2D eigenvalue weighted by atomic mass is 79.9. The third-order valence-corrected chi connectivity index (χ3v) is 3.87. The van der Waals surface area contributed by atoms with E-state index < -0.39 is 6.09 Å². The fraction of sp³-hybridized carbons (Fsp3) is 0.417. The van der Waals surface area contributed by atoms with E-state index in [1.54, 1.807) is 0 Å². The van der Waals surface area contributed by atoms with Crippen molar-refractivity contribution < 1.29 is 9.90 Å². The molecule has 0 aliphatic carbocycles. The highest BCUT2D eigenvalue weighted by molar-refractivity contribution is 9.10. The quantitative estimate of drug-likeness (QED) is 0.873. The lowest BCUT2D eigenvalue weighted by Crippen LogP contribution is -2.47. The summed E-state index contributed by atoms with van der Waals surface area (Å²) in [6.07, 6.45) is 0.894. The summed E-state index contributed by atoms with van der Waals surface area (Å²) in [6, 6.07) is 5.63. The van der Waals surface area contributed by atoms with Crippen molar-refractivity contribution in [3.8, 4) is 0 Å². The minimum Gasteiger partial charge on any atom is -0.465 e. The van der Waals surface area contributed by atoms with Crippen LogP contribution in [0, 0.1) is 0 Å². The van der Waals surface area contributed by atoms with E-state index in [1.807, 2.05) is 18.2 Å². The Morgan fingerprint density at radius 1 is 1.56 bits per heavy atom. The molecule has 1 saturated heterocycles. The number of benzene rings is 1. The SMILES string of the molecule is O=C(O)N[C@H]1CCCN(c2ccc(Cl)cc2Br)C1. The van der Waals surface area contributed by atoms with Crippen LogP contribution in [0.3, 0.4) is 0 Å². The van der Waals surface area contributed by atoms with Crippen LogP contribution in [0.25, 0.3) is 0 Å². The zero-order valence-electron chi connectivity index (χ0n) is 9.70. The molecule has 1 atom stereocenters. The third kappa shape index (κ3) is 3.29. The maximum atomic E-state index is 10.7. The van der Waals surface area contributed by atoms with Crippen LogP contribution in [0.5, 0.6) is 0 Å². The van der Waals surface area contributed by atoms with Crippen LogP contribution >= 0.6 is 27.5 Å². The Morgan fingerprint density at radius 2 is 2.33 bits per heavy atom. The number of halogens is 2. The third-order valence-electron chi connectivity index (χ3n) is 3.00. The summed E-state index contributed by atoms with van der Waals surface area (Å²) in [5.41, 5.74) is 1.05. The summed E-state index contributed by atoms with van der Waals surface area (Å²) in [5.74, 6) is 0. The molecule has 0 saturated carbocycles. The van der Waals surface area contributed by atoms with Gasteiger partial charge in [-0.1, -0.05) is 11.6 Å². The van der Waals surface area contributed by atoms with E-state index in [-0.39, 0.29) is 6.04 Å². The molecular weight excluding hydrogens is 320 g/mol. The van der Waals surface area contributed by atoms with Crippen molar-refractivity contribution in [2.24, 2.45) is 0 Å². The number of hydrogen-bond acceptors (Lipinski definition) is 2. The van der Waals surface area contributed by atoms with Crippen molar-refractivity contribution in [3.05, 3.63) is 27.7 Å². The van der Waals surface area contributed by atoms with Gasteiger partial charge in [-0.05, 0) is 47.0 Å².